The normalized spacial score (nSPS) is 17.2. The zero-order valence-electron chi connectivity index (χ0n) is 44.8. The summed E-state index contributed by atoms with van der Waals surface area (Å²) >= 11 is 0. The van der Waals surface area contributed by atoms with Crippen LogP contribution in [0.25, 0.3) is 0 Å². The van der Waals surface area contributed by atoms with Gasteiger partial charge >= 0.3 is 68.9 Å². The van der Waals surface area contributed by atoms with Crippen LogP contribution in [0.4, 0.5) is 105 Å². The Hall–Kier alpha value is -5.33. The quantitative estimate of drug-likeness (QED) is 0.0586. The monoisotopic (exact) mass is 1390 g/mol. The van der Waals surface area contributed by atoms with Crippen LogP contribution in [0.3, 0.4) is 0 Å². The van der Waals surface area contributed by atoms with Gasteiger partial charge in [-0.15, -0.1) is 7.92 Å². The second-order valence-electron chi connectivity index (χ2n) is 20.2. The van der Waals surface area contributed by atoms with E-state index >= 15 is 0 Å². The largest absolute Gasteiger partial charge is 3.00 e. The van der Waals surface area contributed by atoms with E-state index in [1.165, 1.54) is 67.9 Å². The molecule has 28 heteroatoms. The molecule has 1 aliphatic carbocycles. The van der Waals surface area contributed by atoms with Gasteiger partial charge < -0.3 is 0 Å². The summed E-state index contributed by atoms with van der Waals surface area (Å²) in [7, 11) is 0.138. The Morgan fingerprint density at radius 3 is 0.793 bits per heavy atom. The van der Waals surface area contributed by atoms with Crippen molar-refractivity contribution in [2.75, 3.05) is 19.0 Å². The number of hydrogen-bond donors (Lipinski definition) is 0. The van der Waals surface area contributed by atoms with E-state index in [1.54, 1.807) is 0 Å². The van der Waals surface area contributed by atoms with Crippen LogP contribution >= 0.6 is 15.8 Å². The maximum Gasteiger partial charge on any atom is 3.00 e. The maximum absolute atomic E-state index is 14.2. The first-order chi connectivity index (χ1) is 39.6. The summed E-state index contributed by atoms with van der Waals surface area (Å²) in [4.78, 5) is 0. The maximum atomic E-state index is 14.2. The predicted molar refractivity (Wildman–Crippen MR) is 286 cm³/mol. The Labute approximate surface area is 498 Å². The summed E-state index contributed by atoms with van der Waals surface area (Å²) in [6, 6.07) is 13.5. The Morgan fingerprint density at radius 1 is 0.368 bits per heavy atom. The number of halogens is 24. The third-order valence-electron chi connectivity index (χ3n) is 14.3. The van der Waals surface area contributed by atoms with Crippen LogP contribution in [0.5, 0.6) is 0 Å². The summed E-state index contributed by atoms with van der Waals surface area (Å²) in [6.07, 6.45) is -33.6. The van der Waals surface area contributed by atoms with Gasteiger partial charge in [0.2, 0.25) is 0 Å². The van der Waals surface area contributed by atoms with Crippen LogP contribution in [-0.2, 0) is 68.9 Å². The van der Waals surface area contributed by atoms with Crippen LogP contribution in [0.2, 0.25) is 0 Å². The van der Waals surface area contributed by atoms with Crippen molar-refractivity contribution in [3.05, 3.63) is 202 Å². The van der Waals surface area contributed by atoms with Gasteiger partial charge in [0.1, 0.15) is 6.15 Å². The first-order valence-electron chi connectivity index (χ1n) is 25.8. The molecule has 0 unspecified atom stereocenters. The molecule has 6 aromatic rings. The summed E-state index contributed by atoms with van der Waals surface area (Å²) < 4.78 is 341. The zero-order chi connectivity index (χ0) is 64.1. The van der Waals surface area contributed by atoms with Crippen molar-refractivity contribution in [3.8, 4) is 0 Å². The number of hydrogen-bond acceptors (Lipinski definition) is 0. The summed E-state index contributed by atoms with van der Waals surface area (Å²) in [5.74, 6) is 0. The molecule has 1 fully saturated rings. The average Bonchev–Trinajstić information content (AvgIpc) is 0.953. The molecule has 2 aliphatic rings. The molecule has 0 spiro atoms. The fraction of sp³-hybridized carbons (Fsp3) is 0.322. The van der Waals surface area contributed by atoms with E-state index in [4.69, 9.17) is 0 Å². The molecule has 2 atom stereocenters. The topological polar surface area (TPSA) is 0 Å². The van der Waals surface area contributed by atoms with Crippen LogP contribution in [0.1, 0.15) is 89.5 Å². The molecule has 0 radical (unpaired) electrons. The van der Waals surface area contributed by atoms with Gasteiger partial charge in [-0.25, -0.2) is 0 Å². The Morgan fingerprint density at radius 2 is 0.598 bits per heavy atom. The molecule has 0 amide bonds. The van der Waals surface area contributed by atoms with E-state index in [2.05, 4.69) is 91.6 Å². The van der Waals surface area contributed by atoms with Crippen molar-refractivity contribution in [2.24, 2.45) is 0 Å². The van der Waals surface area contributed by atoms with Crippen LogP contribution in [0.15, 0.2) is 158 Å². The molecule has 1 aliphatic heterocycles. The van der Waals surface area contributed by atoms with Gasteiger partial charge in [-0.3, -0.25) is 0 Å². The van der Waals surface area contributed by atoms with Crippen molar-refractivity contribution < 1.29 is 125 Å². The molecule has 87 heavy (non-hydrogen) atoms. The van der Waals surface area contributed by atoms with Crippen molar-refractivity contribution in [2.45, 2.75) is 100 Å². The van der Waals surface area contributed by atoms with Crippen LogP contribution in [0, 0.1) is 0 Å². The van der Waals surface area contributed by atoms with Crippen LogP contribution in [-0.4, -0.2) is 30.8 Å². The molecule has 1 saturated heterocycles. The van der Waals surface area contributed by atoms with Gasteiger partial charge in [0, 0.05) is 0 Å². The molecular formula is C59H48BF24P2Rh+2. The van der Waals surface area contributed by atoms with Crippen LogP contribution < -0.4 is 32.5 Å². The van der Waals surface area contributed by atoms with Crippen molar-refractivity contribution in [1.29, 1.82) is 0 Å². The summed E-state index contributed by atoms with van der Waals surface area (Å²) in [5, 5.41) is 3.08. The van der Waals surface area contributed by atoms with E-state index in [-0.39, 0.29) is 27.4 Å². The Bertz CT molecular complexity index is 2780. The SMILES string of the molecule is C1=C\CC/C=C\CC/1.C[P@]1CCC[C@@H]1CCP(c1ccccc1)c1ccccc1.FC(F)(F)c1cc([B-](c2cc(C(F)(F)F)cc(C(F)(F)F)c2)(c2cc(C(F)(F)F)cc(C(F)(F)F)c2)c2cc(C(F)(F)F)cc(C(F)(F)F)c2)cc(C(F)(F)F)c1.[Rh+3]. The van der Waals surface area contributed by atoms with Gasteiger partial charge in [0.05, 0.1) is 44.5 Å². The third-order valence-corrected chi connectivity index (χ3v) is 19.6. The predicted octanol–water partition coefficient (Wildman–Crippen LogP) is 18.7. The van der Waals surface area contributed by atoms with Gasteiger partial charge in [-0.05, 0) is 112 Å². The fourth-order valence-corrected chi connectivity index (χ4v) is 15.1. The fourth-order valence-electron chi connectivity index (χ4n) is 10.2. The van der Waals surface area contributed by atoms with E-state index in [1.807, 2.05) is 0 Å². The van der Waals surface area contributed by atoms with E-state index < -0.39 is 195 Å². The summed E-state index contributed by atoms with van der Waals surface area (Å²) in [6.45, 7) is 2.51. The smallest absolute Gasteiger partial charge is 0.194 e. The number of alkyl halides is 24. The molecule has 1 heterocycles. The minimum atomic E-state index is -6.13. The third kappa shape index (κ3) is 19.1. The second kappa shape index (κ2) is 28.2. The van der Waals surface area contributed by atoms with Crippen molar-refractivity contribution in [1.82, 2.24) is 0 Å². The van der Waals surface area contributed by atoms with E-state index in [0.717, 1.165) is 5.66 Å². The first-order valence-corrected chi connectivity index (χ1v) is 29.4. The van der Waals surface area contributed by atoms with E-state index in [0.29, 0.717) is 7.92 Å². The minimum absolute atomic E-state index is 0. The van der Waals surface area contributed by atoms with Gasteiger partial charge in [0.15, 0.2) is 0 Å². The molecule has 6 aromatic carbocycles. The standard InChI is InChI=1S/C32H12BF24.C19H24P2.C8H12.Rh/c34-25(35,36)13-1-14(26(37,38)39)6-21(5-13)33(22-7-15(27(40,41)42)2-16(8-22)28(43,44)45,23-9-17(29(46,47)48)3-18(10-23)30(49,50)51)24-11-19(31(52,53)54)4-20(12-24)32(55,56)57;1-20-15-8-13-17(20)14-16-21(18-9-4-2-5-10-18)19-11-6-3-7-12-19;1-2-4-6-8-7-5-3-1;/h1-12H;2-7,9-12,17H,8,13-16H2,1H3;1-2,7-8H,3-6H2;/q-1;;;+3/b;;2-1-,8-7-;/t;17-,20-;;/m.1../s1. The van der Waals surface area contributed by atoms with Gasteiger partial charge in [-0.2, -0.15) is 127 Å². The van der Waals surface area contributed by atoms with Crippen molar-refractivity contribution in [3.63, 3.8) is 0 Å². The minimum Gasteiger partial charge on any atom is -0.194 e. The zero-order valence-corrected chi connectivity index (χ0v) is 48.3. The molecule has 0 saturated carbocycles. The molecule has 0 aromatic heterocycles. The molecule has 472 valence electrons. The average molecular weight is 1390 g/mol. The molecule has 8 rings (SSSR count). The molecule has 0 N–H and O–H groups in total. The van der Waals surface area contributed by atoms with Gasteiger partial charge in [-0.1, -0.05) is 133 Å². The number of benzene rings is 6. The Kier molecular flexibility index (Phi) is 23.5. The number of allylic oxidation sites excluding steroid dienone is 4. The summed E-state index contributed by atoms with van der Waals surface area (Å²) in [5.41, 5.74) is -29.2. The van der Waals surface area contributed by atoms with Crippen molar-refractivity contribution >= 4 is 54.4 Å². The van der Waals surface area contributed by atoms with Gasteiger partial charge in [0.25, 0.3) is 0 Å². The Balaban J connectivity index is 0.000000372. The molecular weight excluding hydrogens is 1340 g/mol. The molecule has 0 nitrogen and oxygen atoms in total. The number of rotatable bonds is 9. The first kappa shape index (κ1) is 72.4. The van der Waals surface area contributed by atoms with E-state index in [9.17, 15) is 105 Å². The molecule has 0 bridgehead atoms. The second-order valence-corrected chi connectivity index (χ2v) is 25.2.